The van der Waals surface area contributed by atoms with Gasteiger partial charge in [0.25, 0.3) is 0 Å². The maximum absolute atomic E-state index is 5.33. The Balaban J connectivity index is 1.62. The summed E-state index contributed by atoms with van der Waals surface area (Å²) in [5.41, 5.74) is 4.23. The van der Waals surface area contributed by atoms with E-state index in [2.05, 4.69) is 35.3 Å². The largest absolute Gasteiger partial charge is 0.384 e. The van der Waals surface area contributed by atoms with Gasteiger partial charge in [0.2, 0.25) is 0 Å². The molecule has 2 aliphatic rings. The van der Waals surface area contributed by atoms with Crippen LogP contribution in [0.2, 0.25) is 0 Å². The molecule has 1 heterocycles. The Kier molecular flexibility index (Phi) is 4.81. The number of nitrogens with one attached hydrogen (secondary N) is 1. The van der Waals surface area contributed by atoms with Gasteiger partial charge in [0.15, 0.2) is 0 Å². The van der Waals surface area contributed by atoms with Crippen molar-refractivity contribution in [2.24, 2.45) is 5.92 Å². The predicted octanol–water partition coefficient (Wildman–Crippen LogP) is 3.11. The van der Waals surface area contributed by atoms with Gasteiger partial charge < -0.3 is 15.0 Å². The van der Waals surface area contributed by atoms with Gasteiger partial charge in [0.05, 0.1) is 6.61 Å². The summed E-state index contributed by atoms with van der Waals surface area (Å²) in [5, 5.41) is 3.61. The predicted molar refractivity (Wildman–Crippen MR) is 87.9 cm³/mol. The second-order valence-electron chi connectivity index (χ2n) is 6.68. The maximum atomic E-state index is 5.33. The van der Waals surface area contributed by atoms with Gasteiger partial charge in [0, 0.05) is 38.5 Å². The molecule has 3 nitrogen and oxygen atoms in total. The number of methoxy groups -OCH3 is 1. The topological polar surface area (TPSA) is 24.5 Å². The number of anilines is 1. The van der Waals surface area contributed by atoms with Crippen LogP contribution < -0.4 is 10.2 Å². The summed E-state index contributed by atoms with van der Waals surface area (Å²) in [6.07, 6.45) is 5.28. The molecule has 1 aliphatic heterocycles. The molecule has 0 aromatic heterocycles. The Morgan fingerprint density at radius 2 is 2.14 bits per heavy atom. The Morgan fingerprint density at radius 1 is 1.29 bits per heavy atom. The molecule has 2 fully saturated rings. The average molecular weight is 288 g/mol. The second-order valence-corrected chi connectivity index (χ2v) is 6.68. The van der Waals surface area contributed by atoms with Gasteiger partial charge in [0.1, 0.15) is 0 Å². The van der Waals surface area contributed by atoms with Crippen LogP contribution >= 0.6 is 0 Å². The van der Waals surface area contributed by atoms with Crippen molar-refractivity contribution < 1.29 is 4.74 Å². The van der Waals surface area contributed by atoms with Crippen LogP contribution in [0.4, 0.5) is 5.69 Å². The summed E-state index contributed by atoms with van der Waals surface area (Å²) in [6.45, 7) is 6.46. The van der Waals surface area contributed by atoms with Crippen LogP contribution in [-0.4, -0.2) is 32.8 Å². The van der Waals surface area contributed by atoms with Crippen LogP contribution in [0.25, 0.3) is 0 Å². The molecular weight excluding hydrogens is 260 g/mol. The van der Waals surface area contributed by atoms with E-state index >= 15 is 0 Å². The van der Waals surface area contributed by atoms with Crippen LogP contribution in [0.3, 0.4) is 0 Å². The zero-order valence-corrected chi connectivity index (χ0v) is 13.4. The Labute approximate surface area is 128 Å². The van der Waals surface area contributed by atoms with E-state index in [1.807, 2.05) is 7.11 Å². The van der Waals surface area contributed by atoms with Crippen LogP contribution in [0.15, 0.2) is 18.2 Å². The third-order valence-electron chi connectivity index (χ3n) is 4.77. The van der Waals surface area contributed by atoms with E-state index in [4.69, 9.17) is 4.74 Å². The van der Waals surface area contributed by atoms with Gasteiger partial charge >= 0.3 is 0 Å². The lowest BCUT2D eigenvalue weighted by molar-refractivity contribution is 0.143. The lowest BCUT2D eigenvalue weighted by Gasteiger charge is -2.34. The molecule has 0 amide bonds. The molecule has 1 aromatic rings. The van der Waals surface area contributed by atoms with Gasteiger partial charge in [-0.25, -0.2) is 0 Å². The monoisotopic (exact) mass is 288 g/mol. The number of aryl methyl sites for hydroxylation is 1. The van der Waals surface area contributed by atoms with Gasteiger partial charge in [-0.15, -0.1) is 0 Å². The van der Waals surface area contributed by atoms with E-state index < -0.39 is 0 Å². The average Bonchev–Trinajstić information content (AvgIpc) is 3.31. The standard InChI is InChI=1S/C18H28N2O/c1-14-10-18(8-5-16(14)11-19-17-6-7-17)20-9-3-4-15(12-20)13-21-2/h5,8,10,15,17,19H,3-4,6-7,9,11-13H2,1-2H3. The summed E-state index contributed by atoms with van der Waals surface area (Å²) in [4.78, 5) is 2.53. The lowest BCUT2D eigenvalue weighted by atomic mass is 9.97. The highest BCUT2D eigenvalue weighted by Gasteiger charge is 2.22. The molecule has 1 saturated heterocycles. The van der Waals surface area contributed by atoms with Crippen molar-refractivity contribution in [3.63, 3.8) is 0 Å². The number of benzene rings is 1. The number of ether oxygens (including phenoxy) is 1. The molecule has 1 atom stereocenters. The first kappa shape index (κ1) is 14.9. The molecule has 1 N–H and O–H groups in total. The van der Waals surface area contributed by atoms with E-state index in [1.54, 1.807) is 0 Å². The first-order chi connectivity index (χ1) is 10.3. The highest BCUT2D eigenvalue weighted by molar-refractivity contribution is 5.51. The molecule has 1 unspecified atom stereocenters. The third-order valence-corrected chi connectivity index (χ3v) is 4.77. The molecule has 1 saturated carbocycles. The fourth-order valence-corrected chi connectivity index (χ4v) is 3.29. The fraction of sp³-hybridized carbons (Fsp3) is 0.667. The highest BCUT2D eigenvalue weighted by Crippen LogP contribution is 2.26. The summed E-state index contributed by atoms with van der Waals surface area (Å²) in [6, 6.07) is 7.74. The number of piperidine rings is 1. The van der Waals surface area contributed by atoms with Crippen molar-refractivity contribution in [2.75, 3.05) is 31.7 Å². The normalized spacial score (nSPS) is 22.6. The number of rotatable bonds is 6. The molecule has 3 rings (SSSR count). The van der Waals surface area contributed by atoms with Crippen molar-refractivity contribution in [3.8, 4) is 0 Å². The van der Waals surface area contributed by atoms with Crippen LogP contribution in [0, 0.1) is 12.8 Å². The third kappa shape index (κ3) is 3.98. The van der Waals surface area contributed by atoms with Crippen LogP contribution in [0.1, 0.15) is 36.8 Å². The molecule has 3 heteroatoms. The maximum Gasteiger partial charge on any atom is 0.0507 e. The molecule has 0 bridgehead atoms. The van der Waals surface area contributed by atoms with Crippen molar-refractivity contribution in [1.29, 1.82) is 0 Å². The van der Waals surface area contributed by atoms with E-state index in [9.17, 15) is 0 Å². The quantitative estimate of drug-likeness (QED) is 0.870. The molecule has 1 aromatic carbocycles. The van der Waals surface area contributed by atoms with Crippen LogP contribution in [-0.2, 0) is 11.3 Å². The van der Waals surface area contributed by atoms with Gasteiger partial charge in [-0.05, 0) is 61.8 Å². The van der Waals surface area contributed by atoms with E-state index in [0.29, 0.717) is 5.92 Å². The van der Waals surface area contributed by atoms with Gasteiger partial charge in [-0.3, -0.25) is 0 Å². The summed E-state index contributed by atoms with van der Waals surface area (Å²) in [5.74, 6) is 0.681. The minimum absolute atomic E-state index is 0.681. The Bertz CT molecular complexity index is 468. The second kappa shape index (κ2) is 6.80. The Morgan fingerprint density at radius 3 is 2.86 bits per heavy atom. The minimum atomic E-state index is 0.681. The van der Waals surface area contributed by atoms with Crippen LogP contribution in [0.5, 0.6) is 0 Å². The molecule has 116 valence electrons. The summed E-state index contributed by atoms with van der Waals surface area (Å²) >= 11 is 0. The summed E-state index contributed by atoms with van der Waals surface area (Å²) < 4.78 is 5.33. The van der Waals surface area contributed by atoms with Gasteiger partial charge in [-0.2, -0.15) is 0 Å². The van der Waals surface area contributed by atoms with Crippen molar-refractivity contribution in [1.82, 2.24) is 5.32 Å². The van der Waals surface area contributed by atoms with Gasteiger partial charge in [-0.1, -0.05) is 6.07 Å². The zero-order chi connectivity index (χ0) is 14.7. The summed E-state index contributed by atoms with van der Waals surface area (Å²) in [7, 11) is 1.81. The lowest BCUT2D eigenvalue weighted by Crippen LogP contribution is -2.37. The highest BCUT2D eigenvalue weighted by atomic mass is 16.5. The molecule has 21 heavy (non-hydrogen) atoms. The number of hydrogen-bond donors (Lipinski definition) is 1. The first-order valence-corrected chi connectivity index (χ1v) is 8.33. The molecule has 1 aliphatic carbocycles. The molecule has 0 spiro atoms. The zero-order valence-electron chi connectivity index (χ0n) is 13.4. The first-order valence-electron chi connectivity index (χ1n) is 8.33. The Hall–Kier alpha value is -1.06. The number of nitrogens with zero attached hydrogens (tertiary/aromatic N) is 1. The fourth-order valence-electron chi connectivity index (χ4n) is 3.29. The molecular formula is C18H28N2O. The number of hydrogen-bond acceptors (Lipinski definition) is 3. The van der Waals surface area contributed by atoms with Crippen molar-refractivity contribution in [2.45, 2.75) is 45.2 Å². The minimum Gasteiger partial charge on any atom is -0.384 e. The van der Waals surface area contributed by atoms with E-state index in [0.717, 1.165) is 25.7 Å². The van der Waals surface area contributed by atoms with E-state index in [1.165, 1.54) is 49.0 Å². The smallest absolute Gasteiger partial charge is 0.0507 e. The SMILES string of the molecule is COCC1CCCN(c2ccc(CNC3CC3)c(C)c2)C1. The van der Waals surface area contributed by atoms with E-state index in [-0.39, 0.29) is 0 Å². The molecule has 0 radical (unpaired) electrons. The van der Waals surface area contributed by atoms with Crippen molar-refractivity contribution in [3.05, 3.63) is 29.3 Å². The van der Waals surface area contributed by atoms with Crippen molar-refractivity contribution >= 4 is 5.69 Å².